The molecule has 13 aromatic rings. The van der Waals surface area contributed by atoms with Crippen LogP contribution in [0, 0.1) is 0 Å². The summed E-state index contributed by atoms with van der Waals surface area (Å²) in [4.78, 5) is 2.49. The molecule has 0 radical (unpaired) electrons. The molecule has 0 amide bonds. The molecule has 0 fully saturated rings. The highest BCUT2D eigenvalue weighted by Gasteiger charge is 2.21. The van der Waals surface area contributed by atoms with E-state index in [-0.39, 0.29) is 0 Å². The summed E-state index contributed by atoms with van der Waals surface area (Å²) in [5, 5.41) is 15.7. The molecule has 0 spiro atoms. The summed E-state index contributed by atoms with van der Waals surface area (Å²) in [7, 11) is 0. The van der Waals surface area contributed by atoms with Crippen molar-refractivity contribution in [2.75, 3.05) is 4.90 Å². The number of nitrogens with zero attached hydrogens (tertiary/aromatic N) is 1. The molecule has 0 N–H and O–H groups in total. The van der Waals surface area contributed by atoms with E-state index >= 15 is 0 Å². The fraction of sp³-hybridized carbons (Fsp3) is 0. The summed E-state index contributed by atoms with van der Waals surface area (Å²) < 4.78 is 7.96. The van der Waals surface area contributed by atoms with Crippen LogP contribution in [0.4, 0.5) is 17.1 Å². The molecule has 13 rings (SSSR count). The Morgan fingerprint density at radius 3 is 1.53 bits per heavy atom. The molecule has 0 atom stereocenters. The van der Waals surface area contributed by atoms with Gasteiger partial charge in [0.1, 0.15) is 0 Å². The highest BCUT2D eigenvalue weighted by atomic mass is 32.1. The molecule has 3 heterocycles. The third-order valence-corrected chi connectivity index (χ3v) is 15.5. The van der Waals surface area contributed by atoms with Crippen LogP contribution in [0.25, 0.3) is 104 Å². The zero-order valence-corrected chi connectivity index (χ0v) is 33.5. The Kier molecular flexibility index (Phi) is 6.99. The first-order chi connectivity index (χ1) is 28.7. The summed E-state index contributed by atoms with van der Waals surface area (Å²) in [6, 6.07) is 70.1. The van der Waals surface area contributed by atoms with Crippen LogP contribution in [0.15, 0.2) is 188 Å². The van der Waals surface area contributed by atoms with Gasteiger partial charge in [0, 0.05) is 67.2 Å². The molecule has 0 aliphatic carbocycles. The summed E-state index contributed by atoms with van der Waals surface area (Å²) in [6.45, 7) is 0. The summed E-state index contributed by atoms with van der Waals surface area (Å²) >= 11 is 5.68. The van der Waals surface area contributed by atoms with E-state index in [0.29, 0.717) is 0 Å². The molecule has 1 nitrogen and oxygen atoms in total. The predicted octanol–water partition coefficient (Wildman–Crippen LogP) is 17.4. The number of benzene rings is 10. The normalized spacial score (nSPS) is 12.1. The Bertz CT molecular complexity index is 3790. The van der Waals surface area contributed by atoms with E-state index in [0.717, 1.165) is 11.4 Å². The Morgan fingerprint density at radius 2 is 0.793 bits per heavy atom. The van der Waals surface area contributed by atoms with Crippen LogP contribution >= 0.6 is 34.0 Å². The smallest absolute Gasteiger partial charge is 0.0640 e. The van der Waals surface area contributed by atoms with Gasteiger partial charge in [-0.25, -0.2) is 0 Å². The Morgan fingerprint density at radius 1 is 0.276 bits per heavy atom. The Hall–Kier alpha value is -6.56. The fourth-order valence-corrected chi connectivity index (χ4v) is 12.9. The van der Waals surface area contributed by atoms with E-state index in [1.54, 1.807) is 0 Å². The number of hydrogen-bond donors (Lipinski definition) is 0. The van der Waals surface area contributed by atoms with Crippen LogP contribution in [0.2, 0.25) is 0 Å². The van der Waals surface area contributed by atoms with Crippen molar-refractivity contribution in [1.82, 2.24) is 0 Å². The molecule has 0 unspecified atom stereocenters. The van der Waals surface area contributed by atoms with Crippen LogP contribution in [-0.4, -0.2) is 0 Å². The van der Waals surface area contributed by atoms with Gasteiger partial charge < -0.3 is 4.90 Å². The van der Waals surface area contributed by atoms with Crippen molar-refractivity contribution in [2.24, 2.45) is 0 Å². The average Bonchev–Trinajstić information content (AvgIpc) is 3.98. The minimum atomic E-state index is 1.13. The Labute approximate surface area is 345 Å². The van der Waals surface area contributed by atoms with Crippen LogP contribution in [0.1, 0.15) is 0 Å². The van der Waals surface area contributed by atoms with Gasteiger partial charge in [-0.05, 0) is 104 Å². The van der Waals surface area contributed by atoms with Crippen molar-refractivity contribution in [2.45, 2.75) is 0 Å². The molecule has 10 aromatic carbocycles. The standard InChI is InChI=1S/C54H31NS3/c1-2-15-38-36(13-1)37-14-3-4-16-39(37)45-31-35(24-26-40(38)45)55(46-20-10-19-42-41-17-5-7-21-47(41)58-54(42)46)34-12-9-11-32(29-34)33-23-25-44-51(30-33)57-50-28-27-49-52(53(44)50)43-18-6-8-22-48(43)56-49/h1-31H. The topological polar surface area (TPSA) is 3.24 Å². The monoisotopic (exact) mass is 789 g/mol. The molecule has 270 valence electrons. The highest BCUT2D eigenvalue weighted by Crippen LogP contribution is 2.48. The van der Waals surface area contributed by atoms with Crippen molar-refractivity contribution in [3.8, 4) is 11.1 Å². The lowest BCUT2D eigenvalue weighted by atomic mass is 9.94. The third-order valence-electron chi connectivity index (χ3n) is 12.0. The first kappa shape index (κ1) is 32.5. The van der Waals surface area contributed by atoms with Crippen molar-refractivity contribution >= 4 is 144 Å². The second kappa shape index (κ2) is 12.5. The van der Waals surface area contributed by atoms with Gasteiger partial charge in [-0.3, -0.25) is 0 Å². The second-order valence-corrected chi connectivity index (χ2v) is 18.4. The quantitative estimate of drug-likeness (QED) is 0.161. The van der Waals surface area contributed by atoms with Gasteiger partial charge in [0.15, 0.2) is 0 Å². The largest absolute Gasteiger partial charge is 0.309 e. The Balaban J connectivity index is 1.03. The molecular formula is C54H31NS3. The molecule has 3 aromatic heterocycles. The van der Waals surface area contributed by atoms with E-state index in [9.17, 15) is 0 Å². The van der Waals surface area contributed by atoms with Crippen molar-refractivity contribution in [1.29, 1.82) is 0 Å². The maximum Gasteiger partial charge on any atom is 0.0640 e. The van der Waals surface area contributed by atoms with Crippen molar-refractivity contribution in [3.63, 3.8) is 0 Å². The molecule has 0 aliphatic rings. The fourth-order valence-electron chi connectivity index (χ4n) is 9.46. The molecular weight excluding hydrogens is 759 g/mol. The number of anilines is 3. The van der Waals surface area contributed by atoms with Crippen LogP contribution in [-0.2, 0) is 0 Å². The van der Waals surface area contributed by atoms with Gasteiger partial charge in [0.2, 0.25) is 0 Å². The van der Waals surface area contributed by atoms with Gasteiger partial charge in [0.25, 0.3) is 0 Å². The zero-order chi connectivity index (χ0) is 37.9. The maximum atomic E-state index is 2.49. The van der Waals surface area contributed by atoms with Crippen LogP contribution in [0.5, 0.6) is 0 Å². The van der Waals surface area contributed by atoms with Crippen LogP contribution < -0.4 is 4.90 Å². The van der Waals surface area contributed by atoms with E-state index < -0.39 is 0 Å². The van der Waals surface area contributed by atoms with Gasteiger partial charge in [-0.2, -0.15) is 0 Å². The molecule has 0 saturated heterocycles. The SMILES string of the molecule is c1cc(-c2ccc3c(c2)sc2ccc4sc5ccccc5c4c23)cc(N(c2ccc3c4ccccc4c4ccccc4c3c2)c2cccc3c2sc2ccccc23)c1. The summed E-state index contributed by atoms with van der Waals surface area (Å²) in [5.74, 6) is 0. The van der Waals surface area contributed by atoms with Gasteiger partial charge in [-0.1, -0.05) is 127 Å². The lowest BCUT2D eigenvalue weighted by molar-refractivity contribution is 1.31. The van der Waals surface area contributed by atoms with E-state index in [1.807, 2.05) is 34.0 Å². The molecule has 4 heteroatoms. The zero-order valence-electron chi connectivity index (χ0n) is 31.1. The lowest BCUT2D eigenvalue weighted by Gasteiger charge is -2.27. The van der Waals surface area contributed by atoms with Gasteiger partial charge >= 0.3 is 0 Å². The predicted molar refractivity (Wildman–Crippen MR) is 258 cm³/mol. The average molecular weight is 790 g/mol. The van der Waals surface area contributed by atoms with Crippen molar-refractivity contribution < 1.29 is 0 Å². The van der Waals surface area contributed by atoms with Crippen LogP contribution in [0.3, 0.4) is 0 Å². The first-order valence-corrected chi connectivity index (χ1v) is 22.1. The first-order valence-electron chi connectivity index (χ1n) is 19.7. The third kappa shape index (κ3) is 4.74. The number of hydrogen-bond acceptors (Lipinski definition) is 4. The number of thiophene rings is 3. The van der Waals surface area contributed by atoms with Gasteiger partial charge in [-0.15, -0.1) is 34.0 Å². The van der Waals surface area contributed by atoms with E-state index in [4.69, 9.17) is 0 Å². The number of fused-ring (bicyclic) bond motifs is 16. The molecule has 0 bridgehead atoms. The summed E-state index contributed by atoms with van der Waals surface area (Å²) in [6.07, 6.45) is 0. The lowest BCUT2D eigenvalue weighted by Crippen LogP contribution is -2.10. The maximum absolute atomic E-state index is 2.49. The van der Waals surface area contributed by atoms with E-state index in [2.05, 4.69) is 193 Å². The van der Waals surface area contributed by atoms with Crippen molar-refractivity contribution in [3.05, 3.63) is 188 Å². The molecule has 0 aliphatic heterocycles. The molecule has 58 heavy (non-hydrogen) atoms. The summed E-state index contributed by atoms with van der Waals surface area (Å²) in [5.41, 5.74) is 5.89. The minimum Gasteiger partial charge on any atom is -0.309 e. The highest BCUT2D eigenvalue weighted by molar-refractivity contribution is 7.28. The van der Waals surface area contributed by atoms with Gasteiger partial charge in [0.05, 0.1) is 10.4 Å². The van der Waals surface area contributed by atoms with E-state index in [1.165, 1.54) is 110 Å². The minimum absolute atomic E-state index is 1.13. The number of rotatable bonds is 4. The second-order valence-electron chi connectivity index (χ2n) is 15.2. The molecule has 0 saturated carbocycles.